The van der Waals surface area contributed by atoms with Crippen molar-refractivity contribution in [1.82, 2.24) is 9.97 Å². The average Bonchev–Trinajstić information content (AvgIpc) is 2.84. The Hall–Kier alpha value is -1.20. The van der Waals surface area contributed by atoms with Crippen molar-refractivity contribution in [3.8, 4) is 0 Å². The van der Waals surface area contributed by atoms with Gasteiger partial charge in [-0.3, -0.25) is 0 Å². The Kier molecular flexibility index (Phi) is 3.59. The first kappa shape index (κ1) is 12.3. The topological polar surface area (TPSA) is 58.0 Å². The SMILES string of the molecule is CCC(O)(CC)CNc1ncnc2sccc12. The Morgan fingerprint density at radius 2 is 2.12 bits per heavy atom. The highest BCUT2D eigenvalue weighted by molar-refractivity contribution is 7.16. The van der Waals surface area contributed by atoms with Crippen LogP contribution in [-0.4, -0.2) is 27.2 Å². The molecule has 0 fully saturated rings. The first-order chi connectivity index (χ1) is 8.18. The fraction of sp³-hybridized carbons (Fsp3) is 0.500. The van der Waals surface area contributed by atoms with E-state index in [1.54, 1.807) is 17.7 Å². The van der Waals surface area contributed by atoms with Crippen LogP contribution in [0.5, 0.6) is 0 Å². The van der Waals surface area contributed by atoms with Crippen molar-refractivity contribution in [3.05, 3.63) is 17.8 Å². The summed E-state index contributed by atoms with van der Waals surface area (Å²) < 4.78 is 0. The molecular formula is C12H17N3OS. The van der Waals surface area contributed by atoms with Crippen LogP contribution in [0.25, 0.3) is 10.2 Å². The molecule has 0 amide bonds. The highest BCUT2D eigenvalue weighted by Gasteiger charge is 2.22. The number of aromatic nitrogens is 2. The molecule has 0 aromatic carbocycles. The lowest BCUT2D eigenvalue weighted by Gasteiger charge is -2.25. The van der Waals surface area contributed by atoms with Crippen molar-refractivity contribution in [1.29, 1.82) is 0 Å². The molecule has 0 saturated carbocycles. The molecule has 17 heavy (non-hydrogen) atoms. The number of aliphatic hydroxyl groups is 1. The van der Waals surface area contributed by atoms with E-state index in [4.69, 9.17) is 0 Å². The number of hydrogen-bond acceptors (Lipinski definition) is 5. The lowest BCUT2D eigenvalue weighted by Crippen LogP contribution is -2.35. The number of rotatable bonds is 5. The Morgan fingerprint density at radius 1 is 1.35 bits per heavy atom. The molecule has 0 atom stereocenters. The number of thiophene rings is 1. The summed E-state index contributed by atoms with van der Waals surface area (Å²) >= 11 is 1.59. The number of anilines is 1. The molecule has 2 heterocycles. The monoisotopic (exact) mass is 251 g/mol. The molecular weight excluding hydrogens is 234 g/mol. The van der Waals surface area contributed by atoms with Crippen LogP contribution in [0.3, 0.4) is 0 Å². The van der Waals surface area contributed by atoms with E-state index < -0.39 is 5.60 Å². The Labute approximate surface area is 105 Å². The fourth-order valence-corrected chi connectivity index (χ4v) is 2.41. The van der Waals surface area contributed by atoms with Crippen LogP contribution < -0.4 is 5.32 Å². The van der Waals surface area contributed by atoms with Crippen molar-refractivity contribution in [2.24, 2.45) is 0 Å². The Bertz CT molecular complexity index is 493. The van der Waals surface area contributed by atoms with E-state index in [-0.39, 0.29) is 0 Å². The first-order valence-corrected chi connectivity index (χ1v) is 6.71. The molecule has 0 aliphatic carbocycles. The van der Waals surface area contributed by atoms with Gasteiger partial charge in [-0.2, -0.15) is 0 Å². The third-order valence-corrected chi connectivity index (χ3v) is 3.98. The molecule has 0 saturated heterocycles. The summed E-state index contributed by atoms with van der Waals surface area (Å²) in [6.45, 7) is 4.50. The second-order valence-corrected chi connectivity index (χ2v) is 5.04. The van der Waals surface area contributed by atoms with Gasteiger partial charge in [-0.15, -0.1) is 11.3 Å². The van der Waals surface area contributed by atoms with Gasteiger partial charge in [0.05, 0.1) is 11.0 Å². The van der Waals surface area contributed by atoms with Crippen molar-refractivity contribution in [2.75, 3.05) is 11.9 Å². The fourth-order valence-electron chi connectivity index (χ4n) is 1.68. The number of hydrogen-bond donors (Lipinski definition) is 2. The van der Waals surface area contributed by atoms with Gasteiger partial charge in [0.15, 0.2) is 0 Å². The van der Waals surface area contributed by atoms with E-state index in [9.17, 15) is 5.11 Å². The van der Waals surface area contributed by atoms with Gasteiger partial charge < -0.3 is 10.4 Å². The molecule has 92 valence electrons. The van der Waals surface area contributed by atoms with Crippen LogP contribution in [0.1, 0.15) is 26.7 Å². The minimum atomic E-state index is -0.659. The van der Waals surface area contributed by atoms with Gasteiger partial charge in [0.1, 0.15) is 17.0 Å². The Morgan fingerprint density at radius 3 is 2.82 bits per heavy atom. The molecule has 0 spiro atoms. The van der Waals surface area contributed by atoms with E-state index in [1.807, 2.05) is 25.3 Å². The zero-order chi connectivity index (χ0) is 12.3. The van der Waals surface area contributed by atoms with Gasteiger partial charge in [-0.25, -0.2) is 9.97 Å². The van der Waals surface area contributed by atoms with Gasteiger partial charge in [0, 0.05) is 6.54 Å². The molecule has 0 aliphatic heterocycles. The third-order valence-electron chi connectivity index (χ3n) is 3.16. The lowest BCUT2D eigenvalue weighted by atomic mass is 9.98. The molecule has 2 rings (SSSR count). The highest BCUT2D eigenvalue weighted by atomic mass is 32.1. The standard InChI is InChI=1S/C12H17N3OS/c1-3-12(16,4-2)7-13-10-9-5-6-17-11(9)15-8-14-10/h5-6,8,16H,3-4,7H2,1-2H3,(H,13,14,15). The molecule has 0 aliphatic rings. The normalized spacial score (nSPS) is 11.9. The maximum atomic E-state index is 10.2. The minimum Gasteiger partial charge on any atom is -0.388 e. The van der Waals surface area contributed by atoms with Gasteiger partial charge in [-0.1, -0.05) is 13.8 Å². The average molecular weight is 251 g/mol. The van der Waals surface area contributed by atoms with Crippen LogP contribution in [0, 0.1) is 0 Å². The van der Waals surface area contributed by atoms with E-state index in [2.05, 4.69) is 15.3 Å². The quantitative estimate of drug-likeness (QED) is 0.857. The minimum absolute atomic E-state index is 0.516. The van der Waals surface area contributed by atoms with Crippen molar-refractivity contribution in [2.45, 2.75) is 32.3 Å². The molecule has 4 nitrogen and oxygen atoms in total. The maximum Gasteiger partial charge on any atom is 0.138 e. The zero-order valence-electron chi connectivity index (χ0n) is 10.1. The molecule has 5 heteroatoms. The lowest BCUT2D eigenvalue weighted by molar-refractivity contribution is 0.0456. The van der Waals surface area contributed by atoms with Crippen molar-refractivity contribution >= 4 is 27.4 Å². The van der Waals surface area contributed by atoms with E-state index in [0.29, 0.717) is 6.54 Å². The van der Waals surface area contributed by atoms with Gasteiger partial charge in [0.2, 0.25) is 0 Å². The van der Waals surface area contributed by atoms with Gasteiger partial charge in [0.25, 0.3) is 0 Å². The number of nitrogens with zero attached hydrogens (tertiary/aromatic N) is 2. The smallest absolute Gasteiger partial charge is 0.138 e. The van der Waals surface area contributed by atoms with Gasteiger partial charge in [-0.05, 0) is 24.3 Å². The summed E-state index contributed by atoms with van der Waals surface area (Å²) in [6, 6.07) is 2.00. The molecule has 0 unspecified atom stereocenters. The van der Waals surface area contributed by atoms with Crippen LogP contribution in [0.15, 0.2) is 17.8 Å². The highest BCUT2D eigenvalue weighted by Crippen LogP contribution is 2.24. The number of nitrogens with one attached hydrogen (secondary N) is 1. The van der Waals surface area contributed by atoms with Crippen molar-refractivity contribution < 1.29 is 5.11 Å². The summed E-state index contributed by atoms with van der Waals surface area (Å²) in [5.41, 5.74) is -0.659. The first-order valence-electron chi connectivity index (χ1n) is 5.83. The second kappa shape index (κ2) is 4.98. The van der Waals surface area contributed by atoms with E-state index in [0.717, 1.165) is 28.9 Å². The molecule has 2 aromatic heterocycles. The molecule has 0 radical (unpaired) electrons. The summed E-state index contributed by atoms with van der Waals surface area (Å²) in [5, 5.41) is 16.4. The molecule has 2 N–H and O–H groups in total. The second-order valence-electron chi connectivity index (χ2n) is 4.15. The van der Waals surface area contributed by atoms with E-state index >= 15 is 0 Å². The molecule has 2 aromatic rings. The summed E-state index contributed by atoms with van der Waals surface area (Å²) in [6.07, 6.45) is 3.01. The molecule has 0 bridgehead atoms. The van der Waals surface area contributed by atoms with Crippen LogP contribution in [-0.2, 0) is 0 Å². The summed E-state index contributed by atoms with van der Waals surface area (Å²) in [5.74, 6) is 0.802. The third kappa shape index (κ3) is 2.56. The maximum absolute atomic E-state index is 10.2. The van der Waals surface area contributed by atoms with Crippen LogP contribution in [0.2, 0.25) is 0 Å². The number of fused-ring (bicyclic) bond motifs is 1. The zero-order valence-corrected chi connectivity index (χ0v) is 10.9. The largest absolute Gasteiger partial charge is 0.388 e. The van der Waals surface area contributed by atoms with Gasteiger partial charge >= 0.3 is 0 Å². The van der Waals surface area contributed by atoms with E-state index in [1.165, 1.54) is 0 Å². The van der Waals surface area contributed by atoms with Crippen LogP contribution >= 0.6 is 11.3 Å². The predicted molar refractivity (Wildman–Crippen MR) is 71.4 cm³/mol. The van der Waals surface area contributed by atoms with Crippen LogP contribution in [0.4, 0.5) is 5.82 Å². The summed E-state index contributed by atoms with van der Waals surface area (Å²) in [4.78, 5) is 9.39. The predicted octanol–water partition coefficient (Wildman–Crippen LogP) is 2.65. The summed E-state index contributed by atoms with van der Waals surface area (Å²) in [7, 11) is 0. The Balaban J connectivity index is 2.16. The van der Waals surface area contributed by atoms with Crippen molar-refractivity contribution in [3.63, 3.8) is 0 Å².